The van der Waals surface area contributed by atoms with Crippen molar-refractivity contribution in [3.63, 3.8) is 0 Å². The number of nitrogens with one attached hydrogen (secondary N) is 3. The number of sulfonamides is 1. The quantitative estimate of drug-likeness (QED) is 0.327. The number of hydrogen-bond donors (Lipinski definition) is 3. The van der Waals surface area contributed by atoms with Crippen LogP contribution in [0.5, 0.6) is 5.75 Å². The Morgan fingerprint density at radius 2 is 1.55 bits per heavy atom. The van der Waals surface area contributed by atoms with Gasteiger partial charge in [0.25, 0.3) is 10.0 Å². The van der Waals surface area contributed by atoms with Crippen LogP contribution >= 0.6 is 11.6 Å². The van der Waals surface area contributed by atoms with Crippen LogP contribution < -0.4 is 20.1 Å². The summed E-state index contributed by atoms with van der Waals surface area (Å²) in [5.41, 5.74) is 1.09. The number of nitrogens with zero attached hydrogens (tertiary/aromatic N) is 3. The van der Waals surface area contributed by atoms with Gasteiger partial charge in [0.15, 0.2) is 0 Å². The zero-order valence-corrected chi connectivity index (χ0v) is 18.9. The molecule has 0 bridgehead atoms. The summed E-state index contributed by atoms with van der Waals surface area (Å²) in [7, 11) is -2.50. The first-order chi connectivity index (χ1) is 15.9. The Morgan fingerprint density at radius 3 is 2.24 bits per heavy atom. The molecular formula is C22H19ClN6O3S. The molecule has 0 amide bonds. The molecule has 0 radical (unpaired) electrons. The second-order valence-corrected chi connectivity index (χ2v) is 8.82. The highest BCUT2D eigenvalue weighted by Gasteiger charge is 2.20. The second-order valence-electron chi connectivity index (χ2n) is 6.73. The van der Waals surface area contributed by atoms with E-state index in [0.29, 0.717) is 28.8 Å². The Kier molecular flexibility index (Phi) is 6.57. The number of pyridine rings is 1. The maximum Gasteiger partial charge on any atom is 0.265 e. The average Bonchev–Trinajstić information content (AvgIpc) is 2.81. The monoisotopic (exact) mass is 482 g/mol. The summed E-state index contributed by atoms with van der Waals surface area (Å²) in [4.78, 5) is 12.5. The highest BCUT2D eigenvalue weighted by Crippen LogP contribution is 2.29. The largest absolute Gasteiger partial charge is 0.495 e. The van der Waals surface area contributed by atoms with E-state index in [0.717, 1.165) is 0 Å². The molecule has 0 saturated heterocycles. The van der Waals surface area contributed by atoms with Crippen molar-refractivity contribution in [2.24, 2.45) is 0 Å². The van der Waals surface area contributed by atoms with Gasteiger partial charge < -0.3 is 15.4 Å². The van der Waals surface area contributed by atoms with Crippen LogP contribution in [0.15, 0.2) is 84.1 Å². The summed E-state index contributed by atoms with van der Waals surface area (Å²) < 4.78 is 33.3. The van der Waals surface area contributed by atoms with Crippen LogP contribution in [0.2, 0.25) is 5.02 Å². The summed E-state index contributed by atoms with van der Waals surface area (Å²) >= 11 is 5.96. The fourth-order valence-corrected chi connectivity index (χ4v) is 4.39. The number of halogens is 1. The minimum atomic E-state index is -3.90. The van der Waals surface area contributed by atoms with E-state index in [-0.39, 0.29) is 15.7 Å². The first-order valence-electron chi connectivity index (χ1n) is 9.66. The lowest BCUT2D eigenvalue weighted by molar-refractivity contribution is 0.403. The van der Waals surface area contributed by atoms with Gasteiger partial charge in [-0.25, -0.2) is 23.4 Å². The molecule has 0 saturated carbocycles. The number of anilines is 5. The number of ether oxygens (including phenoxy) is 1. The van der Waals surface area contributed by atoms with E-state index >= 15 is 0 Å². The smallest absolute Gasteiger partial charge is 0.265 e. The molecule has 3 N–H and O–H groups in total. The van der Waals surface area contributed by atoms with Crippen LogP contribution in [-0.2, 0) is 10.0 Å². The van der Waals surface area contributed by atoms with Gasteiger partial charge in [-0.1, -0.05) is 17.7 Å². The summed E-state index contributed by atoms with van der Waals surface area (Å²) in [6, 6.07) is 18.4. The van der Waals surface area contributed by atoms with Gasteiger partial charge >= 0.3 is 0 Å². The highest BCUT2D eigenvalue weighted by molar-refractivity contribution is 7.92. The van der Waals surface area contributed by atoms with Crippen LogP contribution in [0.1, 0.15) is 0 Å². The topological polar surface area (TPSA) is 118 Å². The zero-order valence-electron chi connectivity index (χ0n) is 17.4. The van der Waals surface area contributed by atoms with E-state index in [1.807, 2.05) is 18.2 Å². The van der Waals surface area contributed by atoms with Gasteiger partial charge in [0.1, 0.15) is 34.4 Å². The van der Waals surface area contributed by atoms with Crippen molar-refractivity contribution in [1.82, 2.24) is 15.0 Å². The van der Waals surface area contributed by atoms with E-state index < -0.39 is 10.0 Å². The molecule has 0 atom stereocenters. The minimum absolute atomic E-state index is 0.0476. The molecule has 0 aliphatic rings. The average molecular weight is 483 g/mol. The number of aromatic nitrogens is 3. The van der Waals surface area contributed by atoms with Gasteiger partial charge in [0, 0.05) is 28.7 Å². The third-order valence-corrected chi connectivity index (χ3v) is 6.05. The van der Waals surface area contributed by atoms with Gasteiger partial charge in [-0.2, -0.15) is 0 Å². The number of methoxy groups -OCH3 is 1. The fourth-order valence-electron chi connectivity index (χ4n) is 2.90. The molecule has 2 aromatic heterocycles. The van der Waals surface area contributed by atoms with Crippen LogP contribution in [0, 0.1) is 0 Å². The number of benzene rings is 2. The van der Waals surface area contributed by atoms with Gasteiger partial charge in [-0.15, -0.1) is 0 Å². The van der Waals surface area contributed by atoms with Crippen molar-refractivity contribution in [2.45, 2.75) is 4.90 Å². The fraction of sp³-hybridized carbons (Fsp3) is 0.0455. The Balaban J connectivity index is 1.46. The second kappa shape index (κ2) is 9.72. The van der Waals surface area contributed by atoms with Gasteiger partial charge in [0.05, 0.1) is 7.11 Å². The van der Waals surface area contributed by atoms with Crippen LogP contribution in [0.3, 0.4) is 0 Å². The highest BCUT2D eigenvalue weighted by atomic mass is 35.5. The van der Waals surface area contributed by atoms with Crippen molar-refractivity contribution >= 4 is 50.5 Å². The van der Waals surface area contributed by atoms with E-state index in [2.05, 4.69) is 30.3 Å². The van der Waals surface area contributed by atoms with Crippen molar-refractivity contribution < 1.29 is 13.2 Å². The molecule has 0 aliphatic heterocycles. The molecule has 2 aromatic carbocycles. The lowest BCUT2D eigenvalue weighted by Gasteiger charge is -2.13. The summed E-state index contributed by atoms with van der Waals surface area (Å²) in [6.07, 6.45) is 3.11. The maximum atomic E-state index is 12.8. The Hall–Kier alpha value is -3.89. The Morgan fingerprint density at radius 1 is 0.818 bits per heavy atom. The number of rotatable bonds is 8. The molecule has 33 heavy (non-hydrogen) atoms. The SMILES string of the molecule is COc1ccc(Cl)cc1S(=O)(=O)Nc1ccc(Nc2cc(Nc3ccccn3)ncn2)cc1. The molecule has 11 heteroatoms. The Labute approximate surface area is 195 Å². The molecule has 0 aliphatic carbocycles. The molecule has 0 spiro atoms. The zero-order chi connectivity index (χ0) is 23.3. The normalized spacial score (nSPS) is 11.0. The molecule has 0 unspecified atom stereocenters. The van der Waals surface area contributed by atoms with E-state index in [4.69, 9.17) is 16.3 Å². The van der Waals surface area contributed by atoms with Crippen LogP contribution in [-0.4, -0.2) is 30.5 Å². The molecular weight excluding hydrogens is 464 g/mol. The standard InChI is InChI=1S/C22H19ClN6O3S/c1-32-18-10-5-15(23)12-19(18)33(30,31)29-17-8-6-16(7-9-17)27-21-13-22(26-14-25-21)28-20-4-2-3-11-24-20/h2-14,29H,1H3,(H2,24,25,26,27,28). The minimum Gasteiger partial charge on any atom is -0.495 e. The van der Waals surface area contributed by atoms with Gasteiger partial charge in [0.2, 0.25) is 0 Å². The molecule has 0 fully saturated rings. The van der Waals surface area contributed by atoms with E-state index in [1.54, 1.807) is 42.6 Å². The van der Waals surface area contributed by atoms with E-state index in [9.17, 15) is 8.42 Å². The van der Waals surface area contributed by atoms with Crippen LogP contribution in [0.4, 0.5) is 28.8 Å². The molecule has 2 heterocycles. The predicted molar refractivity (Wildman–Crippen MR) is 128 cm³/mol. The van der Waals surface area contributed by atoms with Gasteiger partial charge in [-0.05, 0) is 54.6 Å². The lowest BCUT2D eigenvalue weighted by atomic mass is 10.3. The summed E-state index contributed by atoms with van der Waals surface area (Å²) in [5.74, 6) is 1.99. The first-order valence-corrected chi connectivity index (χ1v) is 11.5. The van der Waals surface area contributed by atoms with Crippen molar-refractivity contribution in [2.75, 3.05) is 22.5 Å². The first kappa shape index (κ1) is 22.3. The van der Waals surface area contributed by atoms with Crippen molar-refractivity contribution in [1.29, 1.82) is 0 Å². The Bertz CT molecular complexity index is 1350. The molecule has 4 rings (SSSR count). The van der Waals surface area contributed by atoms with E-state index in [1.165, 1.54) is 25.6 Å². The molecule has 9 nitrogen and oxygen atoms in total. The lowest BCUT2D eigenvalue weighted by Crippen LogP contribution is -2.14. The molecule has 4 aromatic rings. The predicted octanol–water partition coefficient (Wildman–Crippen LogP) is 4.82. The van der Waals surface area contributed by atoms with Crippen LogP contribution in [0.25, 0.3) is 0 Å². The van der Waals surface area contributed by atoms with Crippen molar-refractivity contribution in [3.8, 4) is 5.75 Å². The molecule has 168 valence electrons. The van der Waals surface area contributed by atoms with Crippen molar-refractivity contribution in [3.05, 3.63) is 84.3 Å². The summed E-state index contributed by atoms with van der Waals surface area (Å²) in [5, 5.41) is 6.54. The summed E-state index contributed by atoms with van der Waals surface area (Å²) in [6.45, 7) is 0. The maximum absolute atomic E-state index is 12.8. The number of hydrogen-bond acceptors (Lipinski definition) is 8. The third kappa shape index (κ3) is 5.68. The van der Waals surface area contributed by atoms with Gasteiger partial charge in [-0.3, -0.25) is 4.72 Å². The third-order valence-electron chi connectivity index (χ3n) is 4.41.